The molecule has 0 N–H and O–H groups in total. The third kappa shape index (κ3) is 3.59. The lowest BCUT2D eigenvalue weighted by Crippen LogP contribution is -2.45. The van der Waals surface area contributed by atoms with E-state index in [1.807, 2.05) is 11.0 Å². The first kappa shape index (κ1) is 19.8. The topological polar surface area (TPSA) is 68.3 Å². The van der Waals surface area contributed by atoms with E-state index in [0.717, 1.165) is 25.7 Å². The normalized spacial score (nSPS) is 21.2. The fraction of sp³-hybridized carbons (Fsp3) is 0.545. The van der Waals surface area contributed by atoms with E-state index in [1.54, 1.807) is 26.4 Å². The fourth-order valence-electron chi connectivity index (χ4n) is 4.54. The molecule has 0 unspecified atom stereocenters. The van der Waals surface area contributed by atoms with Gasteiger partial charge < -0.3 is 19.1 Å². The molecule has 7 heteroatoms. The molecule has 1 saturated heterocycles. The van der Waals surface area contributed by atoms with E-state index < -0.39 is 0 Å². The number of rotatable bonds is 5. The number of carbonyl (C=O) groups excluding carboxylic acids is 2. The first-order chi connectivity index (χ1) is 14.2. The van der Waals surface area contributed by atoms with Crippen molar-refractivity contribution in [2.75, 3.05) is 40.5 Å². The summed E-state index contributed by atoms with van der Waals surface area (Å²) in [7, 11) is 3.14. The van der Waals surface area contributed by atoms with Gasteiger partial charge in [0.15, 0.2) is 11.5 Å². The highest BCUT2D eigenvalue weighted by atomic mass is 16.5. The van der Waals surface area contributed by atoms with Crippen molar-refractivity contribution in [3.8, 4) is 11.5 Å². The number of amides is 2. The molecular formula is C22H28N2O5. The Labute approximate surface area is 171 Å². The van der Waals surface area contributed by atoms with Crippen molar-refractivity contribution < 1.29 is 23.8 Å². The lowest BCUT2D eigenvalue weighted by Gasteiger charge is -2.32. The van der Waals surface area contributed by atoms with Crippen molar-refractivity contribution in [3.63, 3.8) is 0 Å². The van der Waals surface area contributed by atoms with Crippen LogP contribution >= 0.6 is 0 Å². The minimum absolute atomic E-state index is 0.0163. The van der Waals surface area contributed by atoms with Gasteiger partial charge in [0.05, 0.1) is 33.0 Å². The van der Waals surface area contributed by atoms with Gasteiger partial charge in [-0.05, 0) is 30.5 Å². The second kappa shape index (κ2) is 8.45. The molecule has 1 aliphatic carbocycles. The first-order valence-corrected chi connectivity index (χ1v) is 10.3. The molecule has 0 bridgehead atoms. The third-order valence-electron chi connectivity index (χ3n) is 6.03. The molecule has 2 aliphatic heterocycles. The molecular weight excluding hydrogens is 372 g/mol. The molecule has 2 fully saturated rings. The molecule has 4 rings (SSSR count). The molecule has 1 saturated carbocycles. The lowest BCUT2D eigenvalue weighted by atomic mass is 9.94. The predicted octanol–water partition coefficient (Wildman–Crippen LogP) is 2.45. The van der Waals surface area contributed by atoms with E-state index in [2.05, 4.69) is 0 Å². The fourth-order valence-corrected chi connectivity index (χ4v) is 4.54. The van der Waals surface area contributed by atoms with Crippen LogP contribution in [-0.2, 0) is 14.3 Å². The number of hydrogen-bond acceptors (Lipinski definition) is 6. The molecule has 1 aromatic carbocycles. The molecule has 0 spiro atoms. The number of ether oxygens (including phenoxy) is 3. The van der Waals surface area contributed by atoms with Gasteiger partial charge in [-0.3, -0.25) is 14.5 Å². The summed E-state index contributed by atoms with van der Waals surface area (Å²) in [5, 5.41) is 0. The summed E-state index contributed by atoms with van der Waals surface area (Å²) in [6, 6.07) is 5.37. The number of methoxy groups -OCH3 is 2. The summed E-state index contributed by atoms with van der Waals surface area (Å²) in [5.74, 6) is 0.755. The van der Waals surface area contributed by atoms with Gasteiger partial charge in [0.1, 0.15) is 5.70 Å². The van der Waals surface area contributed by atoms with E-state index in [-0.39, 0.29) is 17.9 Å². The van der Waals surface area contributed by atoms with Crippen molar-refractivity contribution in [1.82, 2.24) is 9.80 Å². The van der Waals surface area contributed by atoms with E-state index in [1.165, 1.54) is 11.3 Å². The Morgan fingerprint density at radius 2 is 1.62 bits per heavy atom. The van der Waals surface area contributed by atoms with Crippen LogP contribution in [0.15, 0.2) is 23.9 Å². The summed E-state index contributed by atoms with van der Waals surface area (Å²) in [4.78, 5) is 30.5. The highest BCUT2D eigenvalue weighted by Crippen LogP contribution is 2.39. The Morgan fingerprint density at radius 1 is 0.931 bits per heavy atom. The smallest absolute Gasteiger partial charge is 0.278 e. The van der Waals surface area contributed by atoms with Gasteiger partial charge in [-0.1, -0.05) is 25.3 Å². The Morgan fingerprint density at radius 3 is 2.28 bits per heavy atom. The standard InChI is InChI=1S/C22H28N2O5/c1-27-17-9-8-15(14-18(17)28-2)19-20(23-10-12-29-13-11-23)22(26)24(21(19)25)16-6-4-3-5-7-16/h8-9,14,16H,3-7,10-13H2,1-2H3. The van der Waals surface area contributed by atoms with Crippen LogP contribution in [0, 0.1) is 0 Å². The highest BCUT2D eigenvalue weighted by molar-refractivity contribution is 6.35. The maximum absolute atomic E-state index is 13.5. The molecule has 156 valence electrons. The first-order valence-electron chi connectivity index (χ1n) is 10.3. The van der Waals surface area contributed by atoms with Gasteiger partial charge in [0, 0.05) is 19.1 Å². The van der Waals surface area contributed by atoms with Crippen LogP contribution in [0.1, 0.15) is 37.7 Å². The maximum atomic E-state index is 13.5. The number of imide groups is 1. The van der Waals surface area contributed by atoms with E-state index in [0.29, 0.717) is 54.6 Å². The minimum atomic E-state index is -0.199. The Bertz CT molecular complexity index is 822. The van der Waals surface area contributed by atoms with Crippen molar-refractivity contribution in [2.45, 2.75) is 38.1 Å². The van der Waals surface area contributed by atoms with Gasteiger partial charge >= 0.3 is 0 Å². The van der Waals surface area contributed by atoms with Crippen LogP contribution in [0.25, 0.3) is 5.57 Å². The molecule has 0 aromatic heterocycles. The number of benzene rings is 1. The van der Waals surface area contributed by atoms with Crippen molar-refractivity contribution >= 4 is 17.4 Å². The second-order valence-corrected chi connectivity index (χ2v) is 7.66. The zero-order chi connectivity index (χ0) is 20.4. The molecule has 0 radical (unpaired) electrons. The van der Waals surface area contributed by atoms with E-state index >= 15 is 0 Å². The van der Waals surface area contributed by atoms with Gasteiger partial charge in [-0.2, -0.15) is 0 Å². The summed E-state index contributed by atoms with van der Waals surface area (Å²) in [5.41, 5.74) is 1.64. The van der Waals surface area contributed by atoms with Crippen LogP contribution in [0.4, 0.5) is 0 Å². The van der Waals surface area contributed by atoms with Crippen molar-refractivity contribution in [1.29, 1.82) is 0 Å². The van der Waals surface area contributed by atoms with Crippen LogP contribution in [0.2, 0.25) is 0 Å². The van der Waals surface area contributed by atoms with Crippen LogP contribution in [-0.4, -0.2) is 68.2 Å². The molecule has 29 heavy (non-hydrogen) atoms. The van der Waals surface area contributed by atoms with Crippen LogP contribution in [0.5, 0.6) is 11.5 Å². The Hall–Kier alpha value is -2.54. The molecule has 7 nitrogen and oxygen atoms in total. The zero-order valence-electron chi connectivity index (χ0n) is 17.1. The predicted molar refractivity (Wildman–Crippen MR) is 108 cm³/mol. The number of hydrogen-bond donors (Lipinski definition) is 0. The SMILES string of the molecule is COc1ccc(C2=C(N3CCOCC3)C(=O)N(C3CCCCC3)C2=O)cc1OC. The van der Waals surface area contributed by atoms with E-state index in [9.17, 15) is 9.59 Å². The van der Waals surface area contributed by atoms with Gasteiger partial charge in [0.2, 0.25) is 0 Å². The summed E-state index contributed by atoms with van der Waals surface area (Å²) < 4.78 is 16.2. The molecule has 3 aliphatic rings. The summed E-state index contributed by atoms with van der Waals surface area (Å²) in [6.07, 6.45) is 5.04. The zero-order valence-corrected chi connectivity index (χ0v) is 17.1. The van der Waals surface area contributed by atoms with Crippen LogP contribution in [0.3, 0.4) is 0 Å². The van der Waals surface area contributed by atoms with Crippen molar-refractivity contribution in [3.05, 3.63) is 29.5 Å². The summed E-state index contributed by atoms with van der Waals surface area (Å²) in [6.45, 7) is 2.30. The molecule has 2 amide bonds. The van der Waals surface area contributed by atoms with Gasteiger partial charge in [0.25, 0.3) is 11.8 Å². The lowest BCUT2D eigenvalue weighted by molar-refractivity contribution is -0.141. The number of morpholine rings is 1. The average molecular weight is 400 g/mol. The summed E-state index contributed by atoms with van der Waals surface area (Å²) >= 11 is 0. The molecule has 0 atom stereocenters. The minimum Gasteiger partial charge on any atom is -0.493 e. The number of nitrogens with zero attached hydrogens (tertiary/aromatic N) is 2. The molecule has 1 aromatic rings. The monoisotopic (exact) mass is 400 g/mol. The average Bonchev–Trinajstić information content (AvgIpc) is 3.04. The number of carbonyl (C=O) groups is 2. The molecule has 2 heterocycles. The second-order valence-electron chi connectivity index (χ2n) is 7.66. The quantitative estimate of drug-likeness (QED) is 0.708. The Kier molecular flexibility index (Phi) is 5.76. The van der Waals surface area contributed by atoms with Crippen molar-refractivity contribution in [2.24, 2.45) is 0 Å². The third-order valence-corrected chi connectivity index (χ3v) is 6.03. The van der Waals surface area contributed by atoms with Crippen LogP contribution < -0.4 is 9.47 Å². The maximum Gasteiger partial charge on any atom is 0.278 e. The Balaban J connectivity index is 1.78. The highest BCUT2D eigenvalue weighted by Gasteiger charge is 2.45. The van der Waals surface area contributed by atoms with E-state index in [4.69, 9.17) is 14.2 Å². The van der Waals surface area contributed by atoms with Gasteiger partial charge in [-0.25, -0.2) is 0 Å². The largest absolute Gasteiger partial charge is 0.493 e. The van der Waals surface area contributed by atoms with Gasteiger partial charge in [-0.15, -0.1) is 0 Å².